The molecule has 0 heterocycles. The van der Waals surface area contributed by atoms with Gasteiger partial charge in [-0.15, -0.1) is 12.4 Å². The zero-order valence-corrected chi connectivity index (χ0v) is 14.0. The summed E-state index contributed by atoms with van der Waals surface area (Å²) in [5.74, 6) is -0.335. The van der Waals surface area contributed by atoms with Crippen molar-refractivity contribution in [1.82, 2.24) is 9.80 Å². The van der Waals surface area contributed by atoms with E-state index in [1.807, 2.05) is 6.92 Å². The van der Waals surface area contributed by atoms with Crippen LogP contribution in [0.15, 0.2) is 0 Å². The van der Waals surface area contributed by atoms with Crippen LogP contribution >= 0.6 is 12.4 Å². The summed E-state index contributed by atoms with van der Waals surface area (Å²) in [6.45, 7) is 4.47. The Morgan fingerprint density at radius 1 is 1.30 bits per heavy atom. The summed E-state index contributed by atoms with van der Waals surface area (Å²) in [6, 6.07) is 0. The van der Waals surface area contributed by atoms with Crippen LogP contribution in [0.1, 0.15) is 26.7 Å². The first-order valence-corrected chi connectivity index (χ1v) is 6.53. The number of hydrogen-bond acceptors (Lipinski definition) is 4. The molecule has 0 aromatic rings. The molecule has 0 fully saturated rings. The molecule has 0 aliphatic rings. The van der Waals surface area contributed by atoms with Crippen LogP contribution < -0.4 is 5.73 Å². The van der Waals surface area contributed by atoms with Crippen LogP contribution in [0.3, 0.4) is 0 Å². The number of hydrogen-bond donors (Lipinski definition) is 1. The van der Waals surface area contributed by atoms with Crippen molar-refractivity contribution >= 4 is 24.2 Å². The van der Waals surface area contributed by atoms with E-state index in [2.05, 4.69) is 0 Å². The second kappa shape index (κ2) is 9.96. The van der Waals surface area contributed by atoms with Gasteiger partial charge in [-0.25, -0.2) is 0 Å². The summed E-state index contributed by atoms with van der Waals surface area (Å²) in [6.07, 6.45) is 1.41. The Balaban J connectivity index is 0. The van der Waals surface area contributed by atoms with Gasteiger partial charge in [0.2, 0.25) is 11.8 Å². The number of nitrogens with two attached hydrogens (primary N) is 1. The van der Waals surface area contributed by atoms with Crippen molar-refractivity contribution in [3.63, 3.8) is 0 Å². The lowest BCUT2D eigenvalue weighted by atomic mass is 9.95. The average Bonchev–Trinajstić information content (AvgIpc) is 2.32. The van der Waals surface area contributed by atoms with E-state index in [9.17, 15) is 9.59 Å². The van der Waals surface area contributed by atoms with Crippen molar-refractivity contribution in [1.29, 1.82) is 0 Å². The van der Waals surface area contributed by atoms with Gasteiger partial charge in [0.15, 0.2) is 0 Å². The molecule has 120 valence electrons. The third-order valence-electron chi connectivity index (χ3n) is 2.94. The van der Waals surface area contributed by atoms with Gasteiger partial charge in [-0.05, 0) is 13.3 Å². The zero-order chi connectivity index (χ0) is 15.1. The molecule has 0 aromatic heterocycles. The number of amides is 2. The molecule has 0 aromatic carbocycles. The Labute approximate surface area is 128 Å². The number of nitrogens with zero attached hydrogens (tertiary/aromatic N) is 2. The molecule has 7 heteroatoms. The van der Waals surface area contributed by atoms with Crippen molar-refractivity contribution in [2.75, 3.05) is 40.9 Å². The fourth-order valence-electron chi connectivity index (χ4n) is 1.75. The third kappa shape index (κ3) is 7.07. The van der Waals surface area contributed by atoms with E-state index >= 15 is 0 Å². The predicted octanol–water partition coefficient (Wildman–Crippen LogP) is 0.489. The maximum Gasteiger partial charge on any atom is 0.242 e. The van der Waals surface area contributed by atoms with E-state index in [1.54, 1.807) is 28.1 Å². The minimum atomic E-state index is -0.935. The lowest BCUT2D eigenvalue weighted by molar-refractivity contribution is -0.143. The van der Waals surface area contributed by atoms with Gasteiger partial charge >= 0.3 is 0 Å². The van der Waals surface area contributed by atoms with E-state index in [0.29, 0.717) is 19.6 Å². The average molecular weight is 310 g/mol. The molecule has 0 bridgehead atoms. The van der Waals surface area contributed by atoms with E-state index in [-0.39, 0.29) is 30.8 Å². The molecule has 0 radical (unpaired) electrons. The van der Waals surface area contributed by atoms with E-state index in [4.69, 9.17) is 10.5 Å². The second-order valence-corrected chi connectivity index (χ2v) is 5.18. The van der Waals surface area contributed by atoms with Crippen molar-refractivity contribution in [3.05, 3.63) is 0 Å². The molecule has 0 saturated carbocycles. The van der Waals surface area contributed by atoms with Crippen LogP contribution in [-0.4, -0.2) is 68.1 Å². The maximum absolute atomic E-state index is 12.4. The molecule has 20 heavy (non-hydrogen) atoms. The van der Waals surface area contributed by atoms with Gasteiger partial charge in [-0.2, -0.15) is 0 Å². The Bertz CT molecular complexity index is 309. The first-order chi connectivity index (χ1) is 8.76. The van der Waals surface area contributed by atoms with E-state index in [0.717, 1.165) is 6.42 Å². The number of carbonyl (C=O) groups excluding carboxylic acids is 2. The minimum absolute atomic E-state index is 0. The van der Waals surface area contributed by atoms with Gasteiger partial charge in [0.05, 0.1) is 18.7 Å². The Morgan fingerprint density at radius 3 is 2.25 bits per heavy atom. The number of carbonyl (C=O) groups is 2. The van der Waals surface area contributed by atoms with E-state index < -0.39 is 5.54 Å². The van der Waals surface area contributed by atoms with Gasteiger partial charge in [-0.3, -0.25) is 9.59 Å². The highest BCUT2D eigenvalue weighted by Crippen LogP contribution is 2.13. The molecular weight excluding hydrogens is 282 g/mol. The smallest absolute Gasteiger partial charge is 0.242 e. The largest absolute Gasteiger partial charge is 0.383 e. The summed E-state index contributed by atoms with van der Waals surface area (Å²) >= 11 is 0. The molecule has 1 unspecified atom stereocenters. The first kappa shape index (κ1) is 21.4. The molecule has 0 rings (SSSR count). The highest BCUT2D eigenvalue weighted by molar-refractivity contribution is 5.89. The summed E-state index contributed by atoms with van der Waals surface area (Å²) < 4.78 is 4.98. The molecule has 0 spiro atoms. The van der Waals surface area contributed by atoms with E-state index in [1.165, 1.54) is 9.80 Å². The monoisotopic (exact) mass is 309 g/mol. The highest BCUT2D eigenvalue weighted by atomic mass is 35.5. The molecular formula is C13H28ClN3O3. The molecule has 6 nitrogen and oxygen atoms in total. The molecule has 0 aliphatic carbocycles. The van der Waals surface area contributed by atoms with Crippen molar-refractivity contribution in [2.45, 2.75) is 32.2 Å². The Hall–Kier alpha value is -0.850. The minimum Gasteiger partial charge on any atom is -0.383 e. The second-order valence-electron chi connectivity index (χ2n) is 5.18. The summed E-state index contributed by atoms with van der Waals surface area (Å²) in [5, 5.41) is 0. The molecule has 2 amide bonds. The Morgan fingerprint density at radius 2 is 1.85 bits per heavy atom. The van der Waals surface area contributed by atoms with Crippen LogP contribution in [0.2, 0.25) is 0 Å². The normalized spacial score (nSPS) is 13.1. The summed E-state index contributed by atoms with van der Waals surface area (Å²) in [5.41, 5.74) is 5.10. The summed E-state index contributed by atoms with van der Waals surface area (Å²) in [4.78, 5) is 27.1. The van der Waals surface area contributed by atoms with Crippen LogP contribution in [-0.2, 0) is 14.3 Å². The quantitative estimate of drug-likeness (QED) is 0.708. The lowest BCUT2D eigenvalue weighted by Crippen LogP contribution is -2.55. The number of likely N-dealkylation sites (N-methyl/N-ethyl adjacent to an activating group) is 1. The van der Waals surface area contributed by atoms with Crippen molar-refractivity contribution in [2.24, 2.45) is 5.73 Å². The van der Waals surface area contributed by atoms with Gasteiger partial charge in [-0.1, -0.05) is 13.3 Å². The molecule has 1 atom stereocenters. The van der Waals surface area contributed by atoms with Gasteiger partial charge in [0.1, 0.15) is 0 Å². The Kier molecular flexibility index (Phi) is 10.7. The maximum atomic E-state index is 12.4. The van der Waals surface area contributed by atoms with Crippen LogP contribution in [0.25, 0.3) is 0 Å². The summed E-state index contributed by atoms with van der Waals surface area (Å²) in [7, 11) is 4.88. The molecule has 0 saturated heterocycles. The molecule has 2 N–H and O–H groups in total. The fourth-order valence-corrected chi connectivity index (χ4v) is 1.75. The SMILES string of the molecule is CCCC(C)(N)C(=O)N(CCOC)CC(=O)N(C)C.Cl. The van der Waals surface area contributed by atoms with Gasteiger partial charge < -0.3 is 20.3 Å². The standard InChI is InChI=1S/C13H27N3O3.ClH/c1-6-7-13(2,14)12(18)16(8-9-19-5)10-11(17)15(3)4;/h6-10,14H2,1-5H3;1H. The highest BCUT2D eigenvalue weighted by Gasteiger charge is 2.32. The number of halogens is 1. The van der Waals surface area contributed by atoms with Gasteiger partial charge in [0, 0.05) is 27.7 Å². The van der Waals surface area contributed by atoms with Crippen LogP contribution in [0, 0.1) is 0 Å². The first-order valence-electron chi connectivity index (χ1n) is 6.53. The topological polar surface area (TPSA) is 75.9 Å². The van der Waals surface area contributed by atoms with Crippen molar-refractivity contribution in [3.8, 4) is 0 Å². The molecule has 0 aliphatic heterocycles. The number of methoxy groups -OCH3 is 1. The van der Waals surface area contributed by atoms with Crippen molar-refractivity contribution < 1.29 is 14.3 Å². The lowest BCUT2D eigenvalue weighted by Gasteiger charge is -2.31. The van der Waals surface area contributed by atoms with Gasteiger partial charge in [0.25, 0.3) is 0 Å². The third-order valence-corrected chi connectivity index (χ3v) is 2.94. The fraction of sp³-hybridized carbons (Fsp3) is 0.846. The number of rotatable bonds is 8. The van der Waals surface area contributed by atoms with Crippen LogP contribution in [0.4, 0.5) is 0 Å². The zero-order valence-electron chi connectivity index (χ0n) is 13.1. The predicted molar refractivity (Wildman–Crippen MR) is 81.9 cm³/mol. The number of ether oxygens (including phenoxy) is 1. The van der Waals surface area contributed by atoms with Crippen LogP contribution in [0.5, 0.6) is 0 Å².